The van der Waals surface area contributed by atoms with E-state index >= 15 is 0 Å². The SMILES string of the molecule is CCCCCCCCCc1nnc2n1CCNC2CC. The highest BCUT2D eigenvalue weighted by molar-refractivity contribution is 5.04. The van der Waals surface area contributed by atoms with Gasteiger partial charge in [0.2, 0.25) is 0 Å². The lowest BCUT2D eigenvalue weighted by Gasteiger charge is -2.24. The lowest BCUT2D eigenvalue weighted by Crippen LogP contribution is -2.33. The smallest absolute Gasteiger partial charge is 0.150 e. The second kappa shape index (κ2) is 8.40. The Hall–Kier alpha value is -0.900. The summed E-state index contributed by atoms with van der Waals surface area (Å²) < 4.78 is 2.35. The minimum absolute atomic E-state index is 0.402. The Balaban J connectivity index is 1.73. The van der Waals surface area contributed by atoms with Gasteiger partial charge in [-0.15, -0.1) is 10.2 Å². The minimum atomic E-state index is 0.402. The molecule has 1 unspecified atom stereocenters. The maximum atomic E-state index is 4.42. The molecule has 1 atom stereocenters. The summed E-state index contributed by atoms with van der Waals surface area (Å²) in [5, 5.41) is 12.3. The molecule has 0 fully saturated rings. The normalized spacial score (nSPS) is 18.2. The number of nitrogens with zero attached hydrogens (tertiary/aromatic N) is 3. The van der Waals surface area contributed by atoms with Crippen LogP contribution < -0.4 is 5.32 Å². The summed E-state index contributed by atoms with van der Waals surface area (Å²) in [5.74, 6) is 2.35. The molecule has 0 spiro atoms. The van der Waals surface area contributed by atoms with Crippen molar-refractivity contribution in [2.75, 3.05) is 6.54 Å². The van der Waals surface area contributed by atoms with Crippen LogP contribution in [-0.4, -0.2) is 21.3 Å². The van der Waals surface area contributed by atoms with Crippen LogP contribution in [0.15, 0.2) is 0 Å². The number of nitrogens with one attached hydrogen (secondary N) is 1. The Morgan fingerprint density at radius 3 is 2.55 bits per heavy atom. The van der Waals surface area contributed by atoms with Gasteiger partial charge >= 0.3 is 0 Å². The molecule has 1 aliphatic rings. The zero-order chi connectivity index (χ0) is 14.2. The van der Waals surface area contributed by atoms with Crippen molar-refractivity contribution >= 4 is 0 Å². The number of hydrogen-bond donors (Lipinski definition) is 1. The first-order valence-electron chi connectivity index (χ1n) is 8.52. The van der Waals surface area contributed by atoms with Crippen LogP contribution in [0.1, 0.15) is 82.9 Å². The molecule has 1 aliphatic heterocycles. The summed E-state index contributed by atoms with van der Waals surface area (Å²) in [5.41, 5.74) is 0. The molecule has 4 nitrogen and oxygen atoms in total. The van der Waals surface area contributed by atoms with Crippen molar-refractivity contribution in [2.45, 2.75) is 84.2 Å². The molecule has 1 aromatic rings. The number of rotatable bonds is 9. The van der Waals surface area contributed by atoms with Gasteiger partial charge in [-0.3, -0.25) is 0 Å². The molecule has 1 aromatic heterocycles. The zero-order valence-corrected chi connectivity index (χ0v) is 13.2. The molecule has 2 heterocycles. The Morgan fingerprint density at radius 2 is 1.80 bits per heavy atom. The third kappa shape index (κ3) is 4.05. The van der Waals surface area contributed by atoms with Crippen LogP contribution in [0.4, 0.5) is 0 Å². The van der Waals surface area contributed by atoms with Crippen molar-refractivity contribution in [3.8, 4) is 0 Å². The fourth-order valence-corrected chi connectivity index (χ4v) is 3.04. The van der Waals surface area contributed by atoms with Crippen molar-refractivity contribution < 1.29 is 0 Å². The van der Waals surface area contributed by atoms with E-state index in [1.54, 1.807) is 0 Å². The van der Waals surface area contributed by atoms with E-state index in [0.717, 1.165) is 31.8 Å². The first-order valence-corrected chi connectivity index (χ1v) is 8.52. The molecule has 114 valence electrons. The topological polar surface area (TPSA) is 42.7 Å². The van der Waals surface area contributed by atoms with Crippen LogP contribution >= 0.6 is 0 Å². The quantitative estimate of drug-likeness (QED) is 0.701. The average molecular weight is 278 g/mol. The van der Waals surface area contributed by atoms with Crippen LogP contribution in [0.25, 0.3) is 0 Å². The van der Waals surface area contributed by atoms with Gasteiger partial charge in [-0.1, -0.05) is 52.4 Å². The summed E-state index contributed by atoms with van der Waals surface area (Å²) in [6, 6.07) is 0.402. The molecule has 1 N–H and O–H groups in total. The van der Waals surface area contributed by atoms with E-state index in [0.29, 0.717) is 6.04 Å². The number of fused-ring (bicyclic) bond motifs is 1. The molecule has 20 heavy (non-hydrogen) atoms. The highest BCUT2D eigenvalue weighted by Gasteiger charge is 2.22. The fraction of sp³-hybridized carbons (Fsp3) is 0.875. The fourth-order valence-electron chi connectivity index (χ4n) is 3.04. The van der Waals surface area contributed by atoms with Crippen molar-refractivity contribution in [3.05, 3.63) is 11.6 Å². The molecule has 4 heteroatoms. The van der Waals surface area contributed by atoms with E-state index in [9.17, 15) is 0 Å². The first-order chi connectivity index (χ1) is 9.86. The number of aromatic nitrogens is 3. The molecule has 0 amide bonds. The lowest BCUT2D eigenvalue weighted by atomic mass is 10.1. The van der Waals surface area contributed by atoms with Gasteiger partial charge in [-0.25, -0.2) is 0 Å². The third-order valence-electron chi connectivity index (χ3n) is 4.31. The summed E-state index contributed by atoms with van der Waals surface area (Å²) in [6.45, 7) is 6.56. The molecule has 0 bridgehead atoms. The van der Waals surface area contributed by atoms with E-state index in [1.807, 2.05) is 0 Å². The van der Waals surface area contributed by atoms with Crippen LogP contribution in [0, 0.1) is 0 Å². The first kappa shape index (κ1) is 15.5. The molecule has 2 rings (SSSR count). The van der Waals surface area contributed by atoms with Crippen LogP contribution in [-0.2, 0) is 13.0 Å². The second-order valence-electron chi connectivity index (χ2n) is 5.91. The summed E-state index contributed by atoms with van der Waals surface area (Å²) >= 11 is 0. The maximum Gasteiger partial charge on any atom is 0.150 e. The highest BCUT2D eigenvalue weighted by Crippen LogP contribution is 2.20. The average Bonchev–Trinajstić information content (AvgIpc) is 2.89. The van der Waals surface area contributed by atoms with Crippen LogP contribution in [0.2, 0.25) is 0 Å². The molecular weight excluding hydrogens is 248 g/mol. The van der Waals surface area contributed by atoms with E-state index in [-0.39, 0.29) is 0 Å². The summed E-state index contributed by atoms with van der Waals surface area (Å²) in [6.07, 6.45) is 11.7. The highest BCUT2D eigenvalue weighted by atomic mass is 15.3. The molecule has 0 aromatic carbocycles. The van der Waals surface area contributed by atoms with Gasteiger partial charge < -0.3 is 9.88 Å². The van der Waals surface area contributed by atoms with Gasteiger partial charge in [0, 0.05) is 19.5 Å². The number of aryl methyl sites for hydroxylation is 1. The largest absolute Gasteiger partial charge is 0.312 e. The second-order valence-corrected chi connectivity index (χ2v) is 5.91. The number of unbranched alkanes of at least 4 members (excludes halogenated alkanes) is 6. The van der Waals surface area contributed by atoms with Crippen molar-refractivity contribution in [3.63, 3.8) is 0 Å². The molecule has 0 radical (unpaired) electrons. The standard InChI is InChI=1S/C16H30N4/c1-3-5-6-7-8-9-10-11-15-18-19-16-14(4-2)17-12-13-20(15)16/h14,17H,3-13H2,1-2H3. The van der Waals surface area contributed by atoms with Crippen molar-refractivity contribution in [1.29, 1.82) is 0 Å². The summed E-state index contributed by atoms with van der Waals surface area (Å²) in [4.78, 5) is 0. The van der Waals surface area contributed by atoms with E-state index in [2.05, 4.69) is 33.9 Å². The van der Waals surface area contributed by atoms with E-state index in [4.69, 9.17) is 0 Å². The van der Waals surface area contributed by atoms with Gasteiger partial charge in [-0.2, -0.15) is 0 Å². The molecular formula is C16H30N4. The predicted molar refractivity (Wildman–Crippen MR) is 82.8 cm³/mol. The van der Waals surface area contributed by atoms with Gasteiger partial charge in [-0.05, 0) is 12.8 Å². The summed E-state index contributed by atoms with van der Waals surface area (Å²) in [7, 11) is 0. The zero-order valence-electron chi connectivity index (χ0n) is 13.2. The Labute approximate surface area is 123 Å². The van der Waals surface area contributed by atoms with Gasteiger partial charge in [0.1, 0.15) is 11.6 Å². The Morgan fingerprint density at radius 1 is 1.05 bits per heavy atom. The number of hydrogen-bond acceptors (Lipinski definition) is 3. The third-order valence-corrected chi connectivity index (χ3v) is 4.31. The van der Waals surface area contributed by atoms with Crippen LogP contribution in [0.5, 0.6) is 0 Å². The minimum Gasteiger partial charge on any atom is -0.312 e. The van der Waals surface area contributed by atoms with Gasteiger partial charge in [0.15, 0.2) is 0 Å². The molecule has 0 aliphatic carbocycles. The lowest BCUT2D eigenvalue weighted by molar-refractivity contribution is 0.399. The predicted octanol–water partition coefficient (Wildman–Crippen LogP) is 3.63. The molecule has 0 saturated carbocycles. The molecule has 0 saturated heterocycles. The monoisotopic (exact) mass is 278 g/mol. The Bertz CT molecular complexity index is 386. The Kier molecular flexibility index (Phi) is 6.51. The van der Waals surface area contributed by atoms with E-state index < -0.39 is 0 Å². The van der Waals surface area contributed by atoms with Gasteiger partial charge in [0.05, 0.1) is 6.04 Å². The van der Waals surface area contributed by atoms with Gasteiger partial charge in [0.25, 0.3) is 0 Å². The van der Waals surface area contributed by atoms with Crippen LogP contribution in [0.3, 0.4) is 0 Å². The maximum absolute atomic E-state index is 4.42. The van der Waals surface area contributed by atoms with Crippen molar-refractivity contribution in [2.24, 2.45) is 0 Å². The van der Waals surface area contributed by atoms with Crippen molar-refractivity contribution in [1.82, 2.24) is 20.1 Å². The van der Waals surface area contributed by atoms with E-state index in [1.165, 1.54) is 50.8 Å².